The molecule has 0 spiro atoms. The Kier molecular flexibility index (Phi) is 5.16. The van der Waals surface area contributed by atoms with Crippen LogP contribution < -0.4 is 5.73 Å². The number of nitrogens with two attached hydrogens (primary N) is 1. The summed E-state index contributed by atoms with van der Waals surface area (Å²) in [6, 6.07) is 13.0. The largest absolute Gasteiger partial charge is 0.327 e. The maximum absolute atomic E-state index is 13.7. The van der Waals surface area contributed by atoms with Crippen LogP contribution in [0, 0.1) is 12.7 Å². The second kappa shape index (κ2) is 6.87. The van der Waals surface area contributed by atoms with Gasteiger partial charge in [0.25, 0.3) is 0 Å². The third-order valence-electron chi connectivity index (χ3n) is 3.54. The summed E-state index contributed by atoms with van der Waals surface area (Å²) in [5.41, 5.74) is 9.32. The summed E-state index contributed by atoms with van der Waals surface area (Å²) in [7, 11) is 0. The molecule has 3 heteroatoms. The van der Waals surface area contributed by atoms with E-state index in [4.69, 9.17) is 17.3 Å². The zero-order valence-electron chi connectivity index (χ0n) is 11.6. The van der Waals surface area contributed by atoms with Crippen molar-refractivity contribution in [3.05, 3.63) is 70.0 Å². The Bertz CT molecular complexity index is 583. The van der Waals surface area contributed by atoms with E-state index >= 15 is 0 Å². The van der Waals surface area contributed by atoms with E-state index < -0.39 is 0 Å². The highest BCUT2D eigenvalue weighted by molar-refractivity contribution is 6.30. The fourth-order valence-corrected chi connectivity index (χ4v) is 2.46. The number of benzene rings is 2. The average molecular weight is 292 g/mol. The molecule has 2 aromatic rings. The minimum atomic E-state index is -0.274. The summed E-state index contributed by atoms with van der Waals surface area (Å²) in [5.74, 6) is -0.274. The molecule has 0 bridgehead atoms. The van der Waals surface area contributed by atoms with Crippen LogP contribution in [0.1, 0.15) is 23.1 Å². The molecular weight excluding hydrogens is 273 g/mol. The maximum atomic E-state index is 13.7. The van der Waals surface area contributed by atoms with Crippen molar-refractivity contribution < 1.29 is 4.39 Å². The number of rotatable bonds is 5. The first-order chi connectivity index (χ1) is 9.56. The molecule has 0 aliphatic heterocycles. The van der Waals surface area contributed by atoms with Crippen molar-refractivity contribution in [2.45, 2.75) is 32.2 Å². The summed E-state index contributed by atoms with van der Waals surface area (Å²) in [6.45, 7) is 2.10. The molecule has 2 aromatic carbocycles. The van der Waals surface area contributed by atoms with E-state index in [9.17, 15) is 4.39 Å². The van der Waals surface area contributed by atoms with Crippen LogP contribution in [0.15, 0.2) is 42.5 Å². The van der Waals surface area contributed by atoms with Crippen LogP contribution in [0.3, 0.4) is 0 Å². The van der Waals surface area contributed by atoms with Gasteiger partial charge in [-0.25, -0.2) is 4.39 Å². The Morgan fingerprint density at radius 3 is 2.60 bits per heavy atom. The van der Waals surface area contributed by atoms with E-state index in [0.717, 1.165) is 12.8 Å². The molecule has 106 valence electrons. The number of hydrogen-bond donors (Lipinski definition) is 1. The van der Waals surface area contributed by atoms with Gasteiger partial charge in [0.2, 0.25) is 0 Å². The molecule has 1 nitrogen and oxygen atoms in total. The third-order valence-corrected chi connectivity index (χ3v) is 3.78. The normalized spacial score (nSPS) is 12.4. The van der Waals surface area contributed by atoms with Gasteiger partial charge < -0.3 is 5.73 Å². The predicted octanol–water partition coefficient (Wildman–Crippen LogP) is 4.29. The number of hydrogen-bond acceptors (Lipinski definition) is 1. The van der Waals surface area contributed by atoms with Crippen LogP contribution in [0.25, 0.3) is 0 Å². The van der Waals surface area contributed by atoms with Gasteiger partial charge in [-0.05, 0) is 55.0 Å². The Morgan fingerprint density at radius 2 is 1.90 bits per heavy atom. The quantitative estimate of drug-likeness (QED) is 0.874. The molecule has 0 radical (unpaired) electrons. The molecular formula is C17H19ClFN. The van der Waals surface area contributed by atoms with Gasteiger partial charge in [-0.15, -0.1) is 0 Å². The molecule has 20 heavy (non-hydrogen) atoms. The first kappa shape index (κ1) is 15.0. The van der Waals surface area contributed by atoms with Crippen molar-refractivity contribution in [1.82, 2.24) is 0 Å². The molecule has 0 aromatic heterocycles. The SMILES string of the molecule is Cc1ccccc1CCC(N)Cc1ccc(Cl)cc1F. The highest BCUT2D eigenvalue weighted by Gasteiger charge is 2.09. The highest BCUT2D eigenvalue weighted by atomic mass is 35.5. The molecule has 0 amide bonds. The second-order valence-corrected chi connectivity index (χ2v) is 5.60. The van der Waals surface area contributed by atoms with Crippen molar-refractivity contribution in [3.63, 3.8) is 0 Å². The van der Waals surface area contributed by atoms with Gasteiger partial charge in [-0.3, -0.25) is 0 Å². The van der Waals surface area contributed by atoms with E-state index in [1.54, 1.807) is 12.1 Å². The van der Waals surface area contributed by atoms with Crippen LogP contribution in [0.5, 0.6) is 0 Å². The summed E-state index contributed by atoms with van der Waals surface area (Å²) in [4.78, 5) is 0. The molecule has 0 aliphatic carbocycles. The lowest BCUT2D eigenvalue weighted by Crippen LogP contribution is -2.24. The van der Waals surface area contributed by atoms with Gasteiger partial charge in [-0.2, -0.15) is 0 Å². The Labute approximate surface area is 124 Å². The lowest BCUT2D eigenvalue weighted by Gasteiger charge is -2.13. The number of aryl methyl sites for hydroxylation is 2. The number of halogens is 2. The van der Waals surface area contributed by atoms with Crippen molar-refractivity contribution in [1.29, 1.82) is 0 Å². The van der Waals surface area contributed by atoms with Crippen LogP contribution in [-0.4, -0.2) is 6.04 Å². The van der Waals surface area contributed by atoms with Gasteiger partial charge in [-0.1, -0.05) is 41.9 Å². The first-order valence-corrected chi connectivity index (χ1v) is 7.18. The molecule has 0 saturated heterocycles. The zero-order valence-corrected chi connectivity index (χ0v) is 12.3. The smallest absolute Gasteiger partial charge is 0.127 e. The average Bonchev–Trinajstić information content (AvgIpc) is 2.41. The molecule has 2 rings (SSSR count). The summed E-state index contributed by atoms with van der Waals surface area (Å²) in [6.07, 6.45) is 2.30. The van der Waals surface area contributed by atoms with E-state index in [-0.39, 0.29) is 11.9 Å². The molecule has 0 saturated carbocycles. The van der Waals surface area contributed by atoms with Gasteiger partial charge in [0.1, 0.15) is 5.82 Å². The van der Waals surface area contributed by atoms with Gasteiger partial charge in [0.05, 0.1) is 0 Å². The van der Waals surface area contributed by atoms with Crippen molar-refractivity contribution in [2.75, 3.05) is 0 Å². The van der Waals surface area contributed by atoms with Gasteiger partial charge in [0.15, 0.2) is 0 Å². The Hall–Kier alpha value is -1.38. The van der Waals surface area contributed by atoms with E-state index in [2.05, 4.69) is 19.1 Å². The standard InChI is InChI=1S/C17H19ClFN/c1-12-4-2-3-5-13(12)7-9-16(20)10-14-6-8-15(18)11-17(14)19/h2-6,8,11,16H,7,9-10,20H2,1H3. The molecule has 0 aliphatic rings. The van der Waals surface area contributed by atoms with Gasteiger partial charge >= 0.3 is 0 Å². The summed E-state index contributed by atoms with van der Waals surface area (Å²) >= 11 is 5.74. The van der Waals surface area contributed by atoms with Crippen LogP contribution in [0.2, 0.25) is 5.02 Å². The minimum Gasteiger partial charge on any atom is -0.327 e. The van der Waals surface area contributed by atoms with Crippen molar-refractivity contribution >= 4 is 11.6 Å². The van der Waals surface area contributed by atoms with E-state index in [1.165, 1.54) is 17.2 Å². The minimum absolute atomic E-state index is 0.0507. The van der Waals surface area contributed by atoms with Crippen LogP contribution in [-0.2, 0) is 12.8 Å². The van der Waals surface area contributed by atoms with Gasteiger partial charge in [0, 0.05) is 11.1 Å². The molecule has 1 unspecified atom stereocenters. The molecule has 1 atom stereocenters. The van der Waals surface area contributed by atoms with E-state index in [0.29, 0.717) is 17.0 Å². The Balaban J connectivity index is 1.92. The molecule has 0 heterocycles. The maximum Gasteiger partial charge on any atom is 0.127 e. The van der Waals surface area contributed by atoms with Crippen LogP contribution in [0.4, 0.5) is 4.39 Å². The summed E-state index contributed by atoms with van der Waals surface area (Å²) in [5, 5.41) is 0.416. The summed E-state index contributed by atoms with van der Waals surface area (Å²) < 4.78 is 13.7. The topological polar surface area (TPSA) is 26.0 Å². The predicted molar refractivity (Wildman–Crippen MR) is 82.6 cm³/mol. The lowest BCUT2D eigenvalue weighted by molar-refractivity contribution is 0.566. The monoisotopic (exact) mass is 291 g/mol. The van der Waals surface area contributed by atoms with E-state index in [1.807, 2.05) is 12.1 Å². The molecule has 2 N–H and O–H groups in total. The first-order valence-electron chi connectivity index (χ1n) is 6.80. The third kappa shape index (κ3) is 4.06. The van der Waals surface area contributed by atoms with Crippen molar-refractivity contribution in [3.8, 4) is 0 Å². The van der Waals surface area contributed by atoms with Crippen LogP contribution >= 0.6 is 11.6 Å². The molecule has 0 fully saturated rings. The van der Waals surface area contributed by atoms with Crippen molar-refractivity contribution in [2.24, 2.45) is 5.73 Å². The fraction of sp³-hybridized carbons (Fsp3) is 0.294. The lowest BCUT2D eigenvalue weighted by atomic mass is 9.97. The Morgan fingerprint density at radius 1 is 1.15 bits per heavy atom. The fourth-order valence-electron chi connectivity index (χ4n) is 2.30. The highest BCUT2D eigenvalue weighted by Crippen LogP contribution is 2.17. The second-order valence-electron chi connectivity index (χ2n) is 5.17. The zero-order chi connectivity index (χ0) is 14.5.